The monoisotopic (exact) mass is 372 g/mol. The molecule has 1 aromatic carbocycles. The summed E-state index contributed by atoms with van der Waals surface area (Å²) in [5, 5.41) is 0. The minimum Gasteiger partial charge on any atom is -0.493 e. The Balaban J connectivity index is 1.59. The molecule has 2 fully saturated rings. The van der Waals surface area contributed by atoms with Crippen LogP contribution in [-0.4, -0.2) is 48.5 Å². The lowest BCUT2D eigenvalue weighted by atomic mass is 9.99. The third-order valence-corrected chi connectivity index (χ3v) is 6.06. The first-order chi connectivity index (χ1) is 13.1. The highest BCUT2D eigenvalue weighted by Crippen LogP contribution is 2.31. The molecule has 1 aliphatic carbocycles. The van der Waals surface area contributed by atoms with Gasteiger partial charge in [-0.05, 0) is 69.8 Å². The van der Waals surface area contributed by atoms with E-state index in [9.17, 15) is 4.79 Å². The van der Waals surface area contributed by atoms with Gasteiger partial charge in [-0.1, -0.05) is 26.0 Å². The third-order valence-electron chi connectivity index (χ3n) is 6.06. The molecule has 3 rings (SSSR count). The second-order valence-corrected chi connectivity index (χ2v) is 8.44. The fourth-order valence-electron chi connectivity index (χ4n) is 4.20. The summed E-state index contributed by atoms with van der Waals surface area (Å²) < 4.78 is 6.11. The number of likely N-dealkylation sites (tertiary alicyclic amines) is 1. The molecule has 4 heteroatoms. The fourth-order valence-corrected chi connectivity index (χ4v) is 4.20. The first-order valence-electron chi connectivity index (χ1n) is 10.8. The number of benzene rings is 1. The first kappa shape index (κ1) is 20.2. The SMILES string of the molecule is CCC(CC)C(=O)N(Cc1cccc(OC[C@@H]2CCCN(C)C2)c1)C1CC1. The molecule has 1 aromatic rings. The van der Waals surface area contributed by atoms with Crippen molar-refractivity contribution < 1.29 is 9.53 Å². The number of piperidine rings is 1. The zero-order chi connectivity index (χ0) is 19.2. The van der Waals surface area contributed by atoms with Crippen molar-refractivity contribution in [2.24, 2.45) is 11.8 Å². The molecule has 0 N–H and O–H groups in total. The van der Waals surface area contributed by atoms with Crippen LogP contribution in [0.2, 0.25) is 0 Å². The van der Waals surface area contributed by atoms with E-state index in [1.807, 2.05) is 6.07 Å². The Kier molecular flexibility index (Phi) is 7.17. The second-order valence-electron chi connectivity index (χ2n) is 8.44. The van der Waals surface area contributed by atoms with Crippen molar-refractivity contribution in [3.8, 4) is 5.75 Å². The Labute approximate surface area is 164 Å². The van der Waals surface area contributed by atoms with Crippen molar-refractivity contribution in [1.82, 2.24) is 9.80 Å². The van der Waals surface area contributed by atoms with Gasteiger partial charge >= 0.3 is 0 Å². The molecule has 0 radical (unpaired) electrons. The predicted octanol–water partition coefficient (Wildman–Crippen LogP) is 4.33. The molecular formula is C23H36N2O2. The minimum absolute atomic E-state index is 0.160. The minimum atomic E-state index is 0.160. The molecule has 0 aromatic heterocycles. The van der Waals surface area contributed by atoms with Crippen molar-refractivity contribution >= 4 is 5.91 Å². The number of hydrogen-bond donors (Lipinski definition) is 0. The molecule has 0 spiro atoms. The van der Waals surface area contributed by atoms with E-state index in [1.165, 1.54) is 24.9 Å². The van der Waals surface area contributed by atoms with Crippen molar-refractivity contribution in [2.45, 2.75) is 65.0 Å². The Hall–Kier alpha value is -1.55. The standard InChI is InChI=1S/C23H36N2O2/c1-4-20(5-2)23(26)25(21-11-12-21)16-18-8-6-10-22(14-18)27-17-19-9-7-13-24(3)15-19/h6,8,10,14,19-21H,4-5,7,9,11-13,15-17H2,1-3H3/t19-/m1/s1. The van der Waals surface area contributed by atoms with Crippen molar-refractivity contribution in [3.63, 3.8) is 0 Å². The summed E-state index contributed by atoms with van der Waals surface area (Å²) in [7, 11) is 2.19. The van der Waals surface area contributed by atoms with Gasteiger partial charge in [0.25, 0.3) is 0 Å². The van der Waals surface area contributed by atoms with Crippen LogP contribution in [0.1, 0.15) is 57.9 Å². The van der Waals surface area contributed by atoms with Crippen LogP contribution in [0.25, 0.3) is 0 Å². The molecule has 1 atom stereocenters. The van der Waals surface area contributed by atoms with Gasteiger partial charge in [0.15, 0.2) is 0 Å². The molecular weight excluding hydrogens is 336 g/mol. The molecule has 2 aliphatic rings. The third kappa shape index (κ3) is 5.71. The van der Waals surface area contributed by atoms with Crippen LogP contribution in [0.4, 0.5) is 0 Å². The predicted molar refractivity (Wildman–Crippen MR) is 110 cm³/mol. The van der Waals surface area contributed by atoms with E-state index in [4.69, 9.17) is 4.74 Å². The van der Waals surface area contributed by atoms with E-state index >= 15 is 0 Å². The summed E-state index contributed by atoms with van der Waals surface area (Å²) in [5.41, 5.74) is 1.18. The highest BCUT2D eigenvalue weighted by molar-refractivity contribution is 5.79. The van der Waals surface area contributed by atoms with Gasteiger partial charge in [-0.3, -0.25) is 4.79 Å². The maximum Gasteiger partial charge on any atom is 0.226 e. The molecule has 1 amide bonds. The number of nitrogens with zero attached hydrogens (tertiary/aromatic N) is 2. The molecule has 0 bridgehead atoms. The van der Waals surface area contributed by atoms with Gasteiger partial charge in [0.2, 0.25) is 5.91 Å². The van der Waals surface area contributed by atoms with Crippen LogP contribution < -0.4 is 4.74 Å². The van der Waals surface area contributed by atoms with Crippen LogP contribution in [-0.2, 0) is 11.3 Å². The molecule has 150 valence electrons. The Morgan fingerprint density at radius 3 is 2.70 bits per heavy atom. The molecule has 4 nitrogen and oxygen atoms in total. The summed E-state index contributed by atoms with van der Waals surface area (Å²) in [6.07, 6.45) is 6.67. The number of amides is 1. The highest BCUT2D eigenvalue weighted by atomic mass is 16.5. The molecule has 1 aliphatic heterocycles. The van der Waals surface area contributed by atoms with Crippen LogP contribution in [0, 0.1) is 11.8 Å². The largest absolute Gasteiger partial charge is 0.493 e. The van der Waals surface area contributed by atoms with E-state index in [2.05, 4.69) is 48.9 Å². The Morgan fingerprint density at radius 2 is 2.04 bits per heavy atom. The lowest BCUT2D eigenvalue weighted by molar-refractivity contribution is -0.137. The van der Waals surface area contributed by atoms with Gasteiger partial charge < -0.3 is 14.5 Å². The average Bonchev–Trinajstić information content (AvgIpc) is 3.51. The topological polar surface area (TPSA) is 32.8 Å². The zero-order valence-corrected chi connectivity index (χ0v) is 17.3. The van der Waals surface area contributed by atoms with Crippen LogP contribution in [0.15, 0.2) is 24.3 Å². The van der Waals surface area contributed by atoms with Gasteiger partial charge in [-0.25, -0.2) is 0 Å². The van der Waals surface area contributed by atoms with Gasteiger partial charge in [-0.2, -0.15) is 0 Å². The Morgan fingerprint density at radius 1 is 1.26 bits per heavy atom. The summed E-state index contributed by atoms with van der Waals surface area (Å²) in [6, 6.07) is 8.80. The van der Waals surface area contributed by atoms with Gasteiger partial charge in [0.1, 0.15) is 5.75 Å². The van der Waals surface area contributed by atoms with Crippen molar-refractivity contribution in [1.29, 1.82) is 0 Å². The van der Waals surface area contributed by atoms with E-state index in [-0.39, 0.29) is 5.92 Å². The number of hydrogen-bond acceptors (Lipinski definition) is 3. The van der Waals surface area contributed by atoms with Gasteiger partial charge in [0.05, 0.1) is 6.61 Å². The summed E-state index contributed by atoms with van der Waals surface area (Å²) in [4.78, 5) is 17.4. The van der Waals surface area contributed by atoms with Crippen molar-refractivity contribution in [3.05, 3.63) is 29.8 Å². The van der Waals surface area contributed by atoms with E-state index < -0.39 is 0 Å². The maximum atomic E-state index is 12.9. The highest BCUT2D eigenvalue weighted by Gasteiger charge is 2.34. The lowest BCUT2D eigenvalue weighted by Gasteiger charge is -2.29. The normalized spacial score (nSPS) is 20.7. The smallest absolute Gasteiger partial charge is 0.226 e. The molecule has 27 heavy (non-hydrogen) atoms. The first-order valence-corrected chi connectivity index (χ1v) is 10.8. The van der Waals surface area contributed by atoms with Crippen LogP contribution in [0.3, 0.4) is 0 Å². The van der Waals surface area contributed by atoms with E-state index in [0.29, 0.717) is 24.4 Å². The number of carbonyl (C=O) groups is 1. The van der Waals surface area contributed by atoms with Crippen LogP contribution in [0.5, 0.6) is 5.75 Å². The number of carbonyl (C=O) groups excluding carboxylic acids is 1. The Bertz CT molecular complexity index is 610. The zero-order valence-electron chi connectivity index (χ0n) is 17.3. The number of rotatable bonds is 9. The quantitative estimate of drug-likeness (QED) is 0.647. The molecule has 1 saturated carbocycles. The summed E-state index contributed by atoms with van der Waals surface area (Å²) in [5.74, 6) is 2.05. The molecule has 1 saturated heterocycles. The van der Waals surface area contributed by atoms with E-state index in [0.717, 1.165) is 44.6 Å². The number of ether oxygens (including phenoxy) is 1. The second kappa shape index (κ2) is 9.59. The van der Waals surface area contributed by atoms with Crippen molar-refractivity contribution in [2.75, 3.05) is 26.7 Å². The molecule has 0 unspecified atom stereocenters. The summed E-state index contributed by atoms with van der Waals surface area (Å²) in [6.45, 7) is 8.06. The fraction of sp³-hybridized carbons (Fsp3) is 0.696. The maximum absolute atomic E-state index is 12.9. The van der Waals surface area contributed by atoms with Gasteiger partial charge in [-0.15, -0.1) is 0 Å². The van der Waals surface area contributed by atoms with E-state index in [1.54, 1.807) is 0 Å². The average molecular weight is 373 g/mol. The van der Waals surface area contributed by atoms with Crippen LogP contribution >= 0.6 is 0 Å². The summed E-state index contributed by atoms with van der Waals surface area (Å²) >= 11 is 0. The lowest BCUT2D eigenvalue weighted by Crippen LogP contribution is -2.37. The van der Waals surface area contributed by atoms with Gasteiger partial charge in [0, 0.05) is 31.0 Å². The molecule has 1 heterocycles.